The van der Waals surface area contributed by atoms with E-state index in [9.17, 15) is 31.4 Å². The minimum Gasteiger partial charge on any atom is -1.00 e. The molecule has 4 radical (unpaired) electrons. The summed E-state index contributed by atoms with van der Waals surface area (Å²) in [4.78, 5) is 0. The van der Waals surface area contributed by atoms with Crippen molar-refractivity contribution in [1.82, 2.24) is 0 Å². The summed E-state index contributed by atoms with van der Waals surface area (Å²) < 4.78 is 79.0. The second-order valence-electron chi connectivity index (χ2n) is 6.89. The first-order valence-corrected chi connectivity index (χ1v) is 9.09. The van der Waals surface area contributed by atoms with Gasteiger partial charge in [-0.3, -0.25) is 5.73 Å². The van der Waals surface area contributed by atoms with Crippen molar-refractivity contribution in [2.24, 2.45) is 5.92 Å². The van der Waals surface area contributed by atoms with E-state index < -0.39 is 35.0 Å². The molecule has 0 bridgehead atoms. The standard InChI is InChI=1S/C16H9F6O.C8H9.ClH.Sb/c17-15(18,19)14(23,16(20,21)22)13(11-7-3-1-4-8-11)12-9-5-2-6-10-12;1-7-4-3-5-8(2)6-7;;/h1-7,9,13H;4-6H,1-2H3;1H;/q-1;;;/p-1. The molecule has 0 fully saturated rings. The Morgan fingerprint density at radius 3 is 2.06 bits per heavy atom. The van der Waals surface area contributed by atoms with E-state index in [0.29, 0.717) is 0 Å². The van der Waals surface area contributed by atoms with E-state index in [-0.39, 0.29) is 36.8 Å². The summed E-state index contributed by atoms with van der Waals surface area (Å²) in [6.07, 6.45) is 5.85. The van der Waals surface area contributed by atoms with Gasteiger partial charge in [-0.15, -0.1) is 17.4 Å². The van der Waals surface area contributed by atoms with Gasteiger partial charge in [0.2, 0.25) is 0 Å². The van der Waals surface area contributed by atoms with Crippen LogP contribution in [0.5, 0.6) is 0 Å². The summed E-state index contributed by atoms with van der Waals surface area (Å²) >= 11 is 0. The molecule has 0 aromatic rings. The fourth-order valence-electron chi connectivity index (χ4n) is 3.01. The summed E-state index contributed by atoms with van der Waals surface area (Å²) in [6, 6.07) is 0. The van der Waals surface area contributed by atoms with Gasteiger partial charge in [-0.05, 0) is 24.6 Å². The average Bonchev–Trinajstić information content (AvgIpc) is 2.68. The van der Waals surface area contributed by atoms with Crippen molar-refractivity contribution < 1.29 is 43.9 Å². The average molecular weight is 594 g/mol. The zero-order chi connectivity index (χ0) is 23.3. The first-order valence-electron chi connectivity index (χ1n) is 9.09. The molecular weight excluding hydrogens is 575 g/mol. The van der Waals surface area contributed by atoms with Crippen LogP contribution in [0.1, 0.15) is 13.8 Å². The fourth-order valence-corrected chi connectivity index (χ4v) is 3.01. The van der Waals surface area contributed by atoms with Crippen LogP contribution in [-0.4, -0.2) is 42.4 Å². The second-order valence-corrected chi connectivity index (χ2v) is 6.89. The Hall–Kier alpha value is -1.83. The predicted octanol–water partition coefficient (Wildman–Crippen LogP) is 2.41. The Kier molecular flexibility index (Phi) is 11.9. The molecule has 3 rings (SSSR count). The van der Waals surface area contributed by atoms with Gasteiger partial charge in [0.25, 0.3) is 0 Å². The minimum atomic E-state index is -6.05. The van der Waals surface area contributed by atoms with Crippen molar-refractivity contribution in [3.63, 3.8) is 0 Å². The molecule has 176 valence electrons. The molecule has 1 atom stereocenters. The molecule has 0 aliphatic heterocycles. The summed E-state index contributed by atoms with van der Waals surface area (Å²) in [5.41, 5.74) is 0.395. The number of hydrogen-bond donors (Lipinski definition) is 0. The molecule has 0 amide bonds. The van der Waals surface area contributed by atoms with Crippen LogP contribution in [0.3, 0.4) is 0 Å². The SMILES string of the molecule is C[C]1C=C=CC(C)=C1.[Cl-].[O-]C(C(C1=C=C[CH-]C=C1)C1=CC=CC=[C+]1)(C(F)(F)F)C(F)(F)F.[Sb]. The third-order valence-electron chi connectivity index (χ3n) is 4.41. The number of rotatable bonds is 3. The van der Waals surface area contributed by atoms with Gasteiger partial charge in [0, 0.05) is 54.5 Å². The number of allylic oxidation sites excluding steroid dienone is 10. The van der Waals surface area contributed by atoms with Gasteiger partial charge in [0.1, 0.15) is 11.6 Å². The molecule has 33 heavy (non-hydrogen) atoms. The minimum absolute atomic E-state index is 0. The van der Waals surface area contributed by atoms with Gasteiger partial charge >= 0.3 is 12.4 Å². The molecule has 1 unspecified atom stereocenters. The molecule has 1 nitrogen and oxygen atoms in total. The van der Waals surface area contributed by atoms with Crippen molar-refractivity contribution in [3.05, 3.63) is 107 Å². The molecule has 0 spiro atoms. The number of hydrogen-bond acceptors (Lipinski definition) is 1. The van der Waals surface area contributed by atoms with Crippen LogP contribution < -0.4 is 17.5 Å². The predicted molar refractivity (Wildman–Crippen MR) is 109 cm³/mol. The van der Waals surface area contributed by atoms with Crippen LogP contribution in [-0.2, 0) is 0 Å². The van der Waals surface area contributed by atoms with Gasteiger partial charge in [0.15, 0.2) is 0 Å². The Labute approximate surface area is 212 Å². The molecule has 3 aliphatic carbocycles. The molecule has 0 aromatic heterocycles. The maximum atomic E-state index is 13.2. The molecule has 3 aliphatic rings. The van der Waals surface area contributed by atoms with Gasteiger partial charge in [-0.1, -0.05) is 13.0 Å². The van der Waals surface area contributed by atoms with Crippen molar-refractivity contribution >= 4 is 24.4 Å². The number of alkyl halides is 6. The van der Waals surface area contributed by atoms with E-state index in [1.165, 1.54) is 36.1 Å². The van der Waals surface area contributed by atoms with Crippen LogP contribution in [0, 0.1) is 24.3 Å². The monoisotopic (exact) mass is 592 g/mol. The molecular formula is C24H18ClF6OSb-2. The van der Waals surface area contributed by atoms with E-state index in [1.54, 1.807) is 0 Å². The molecule has 0 saturated carbocycles. The molecule has 0 saturated heterocycles. The van der Waals surface area contributed by atoms with Crippen molar-refractivity contribution in [3.8, 4) is 0 Å². The smallest absolute Gasteiger partial charge is 0.389 e. The Morgan fingerprint density at radius 1 is 1.03 bits per heavy atom. The summed E-state index contributed by atoms with van der Waals surface area (Å²) in [5, 5.41) is 12.2. The fraction of sp³-hybridized carbons (Fsp3) is 0.250. The molecule has 0 heterocycles. The van der Waals surface area contributed by atoms with Crippen molar-refractivity contribution in [2.45, 2.75) is 31.8 Å². The van der Waals surface area contributed by atoms with Crippen LogP contribution in [0.15, 0.2) is 88.9 Å². The second kappa shape index (κ2) is 12.6. The third kappa shape index (κ3) is 7.59. The van der Waals surface area contributed by atoms with E-state index in [1.807, 2.05) is 12.2 Å². The first-order chi connectivity index (χ1) is 14.4. The molecule has 9 heteroatoms. The summed E-state index contributed by atoms with van der Waals surface area (Å²) in [5.74, 6) is -1.27. The zero-order valence-corrected chi connectivity index (χ0v) is 20.7. The zero-order valence-electron chi connectivity index (χ0n) is 17.4. The van der Waals surface area contributed by atoms with Crippen LogP contribution in [0.2, 0.25) is 0 Å². The molecule has 0 N–H and O–H groups in total. The van der Waals surface area contributed by atoms with Crippen molar-refractivity contribution in [2.75, 3.05) is 0 Å². The largest absolute Gasteiger partial charge is 1.00 e. The first kappa shape index (κ1) is 31.2. The Balaban J connectivity index is 0.000000870. The quantitative estimate of drug-likeness (QED) is 0.214. The normalized spacial score (nSPS) is 17.8. The van der Waals surface area contributed by atoms with Gasteiger partial charge in [-0.2, -0.15) is 44.9 Å². The summed E-state index contributed by atoms with van der Waals surface area (Å²) in [7, 11) is 0. The van der Waals surface area contributed by atoms with E-state index in [2.05, 4.69) is 37.5 Å². The van der Waals surface area contributed by atoms with Crippen LogP contribution in [0.4, 0.5) is 26.3 Å². The van der Waals surface area contributed by atoms with Crippen LogP contribution >= 0.6 is 0 Å². The van der Waals surface area contributed by atoms with Crippen molar-refractivity contribution in [1.29, 1.82) is 0 Å². The topological polar surface area (TPSA) is 23.1 Å². The van der Waals surface area contributed by atoms with Gasteiger partial charge < -0.3 is 17.5 Å². The van der Waals surface area contributed by atoms with E-state index in [4.69, 9.17) is 0 Å². The van der Waals surface area contributed by atoms with Gasteiger partial charge in [-0.25, -0.2) is 0 Å². The van der Waals surface area contributed by atoms with E-state index >= 15 is 0 Å². The summed E-state index contributed by atoms with van der Waals surface area (Å²) in [6.45, 7) is 4.15. The van der Waals surface area contributed by atoms with Crippen LogP contribution in [0.25, 0.3) is 0 Å². The Bertz CT molecular complexity index is 952. The number of halogens is 7. The maximum absolute atomic E-state index is 13.2. The van der Waals surface area contributed by atoms with E-state index in [0.717, 1.165) is 24.3 Å². The Morgan fingerprint density at radius 2 is 1.67 bits per heavy atom. The van der Waals surface area contributed by atoms with Gasteiger partial charge in [0.05, 0.1) is 11.7 Å². The maximum Gasteiger partial charge on any atom is 0.389 e. The molecule has 0 aromatic carbocycles. The third-order valence-corrected chi connectivity index (χ3v) is 4.41.